The molecule has 0 saturated heterocycles. The molecule has 2 rings (SSSR count). The van der Waals surface area contributed by atoms with E-state index in [1.807, 2.05) is 25.8 Å². The van der Waals surface area contributed by atoms with Gasteiger partial charge < -0.3 is 25.7 Å². The Morgan fingerprint density at radius 3 is 1.97 bits per heavy atom. The number of nitrogens with zero attached hydrogens (tertiary/aromatic N) is 4. The number of halogens is 1. The van der Waals surface area contributed by atoms with Crippen molar-refractivity contribution in [2.24, 2.45) is 0 Å². The van der Waals surface area contributed by atoms with Crippen LogP contribution in [0.1, 0.15) is 141 Å². The summed E-state index contributed by atoms with van der Waals surface area (Å²) in [7, 11) is -0.421. The standard InChI is InChI=1S/C45H73FN6O6S/c1-7-8-9-10-11-12-13-14-15-16-17-18-19-20-21-22-41(55)47-29-31-51(4)32-30-48-42(56)34-39(54)33-38(53)27-28-40-43(35(2)3)49-45(52(5)59(6,57)58)50-44(40)36-23-25-37(46)26-24-36/h14-15,23-28,35,38-39,53-54H,7-13,16-22,29-34H2,1-6H3,(H,47,55)(H,48,56)/t38-,39-/m1/s1. The number of hydrogen-bond acceptors (Lipinski definition) is 9. The summed E-state index contributed by atoms with van der Waals surface area (Å²) in [6.45, 7) is 8.10. The first kappa shape index (κ1) is 51.4. The molecule has 332 valence electrons. The minimum atomic E-state index is -3.68. The van der Waals surface area contributed by atoms with Gasteiger partial charge in [0.15, 0.2) is 0 Å². The molecule has 2 amide bonds. The lowest BCUT2D eigenvalue weighted by atomic mass is 9.97. The fourth-order valence-electron chi connectivity index (χ4n) is 6.46. The van der Waals surface area contributed by atoms with Crippen molar-refractivity contribution in [2.75, 3.05) is 50.8 Å². The molecule has 59 heavy (non-hydrogen) atoms. The van der Waals surface area contributed by atoms with Crippen molar-refractivity contribution in [3.63, 3.8) is 0 Å². The monoisotopic (exact) mass is 845 g/mol. The molecular formula is C45H73FN6O6S. The summed E-state index contributed by atoms with van der Waals surface area (Å²) < 4.78 is 39.4. The molecule has 0 saturated carbocycles. The molecular weight excluding hydrogens is 772 g/mol. The van der Waals surface area contributed by atoms with Crippen LogP contribution in [0.15, 0.2) is 42.5 Å². The first-order valence-electron chi connectivity index (χ1n) is 21.6. The Morgan fingerprint density at radius 2 is 1.39 bits per heavy atom. The first-order valence-corrected chi connectivity index (χ1v) is 23.5. The molecule has 0 unspecified atom stereocenters. The van der Waals surface area contributed by atoms with Crippen molar-refractivity contribution in [3.05, 3.63) is 59.6 Å². The van der Waals surface area contributed by atoms with Gasteiger partial charge in [0.1, 0.15) is 5.82 Å². The van der Waals surface area contributed by atoms with E-state index in [-0.39, 0.29) is 36.5 Å². The number of amides is 2. The van der Waals surface area contributed by atoms with Gasteiger partial charge in [-0.1, -0.05) is 96.4 Å². The summed E-state index contributed by atoms with van der Waals surface area (Å²) in [6, 6.07) is 5.60. The zero-order valence-corrected chi connectivity index (χ0v) is 37.4. The lowest BCUT2D eigenvalue weighted by molar-refractivity contribution is -0.123. The third-order valence-corrected chi connectivity index (χ3v) is 11.3. The largest absolute Gasteiger partial charge is 0.392 e. The van der Waals surface area contributed by atoms with Crippen LogP contribution in [0.25, 0.3) is 17.3 Å². The molecule has 0 aliphatic heterocycles. The van der Waals surface area contributed by atoms with Crippen LogP contribution in [0.2, 0.25) is 0 Å². The number of aliphatic hydroxyl groups excluding tert-OH is 2. The van der Waals surface area contributed by atoms with Crippen molar-refractivity contribution >= 4 is 33.9 Å². The van der Waals surface area contributed by atoms with Gasteiger partial charge in [0.25, 0.3) is 0 Å². The van der Waals surface area contributed by atoms with Gasteiger partial charge in [-0.2, -0.15) is 0 Å². The van der Waals surface area contributed by atoms with Crippen LogP contribution in [0, 0.1) is 5.82 Å². The maximum atomic E-state index is 13.8. The average molecular weight is 845 g/mol. The molecule has 2 aromatic rings. The number of aromatic nitrogens is 2. The van der Waals surface area contributed by atoms with Gasteiger partial charge in [0.05, 0.1) is 36.3 Å². The van der Waals surface area contributed by atoms with Crippen LogP contribution in [-0.4, -0.2) is 104 Å². The predicted octanol–water partition coefficient (Wildman–Crippen LogP) is 7.52. The number of sulfonamides is 1. The molecule has 1 heterocycles. The highest BCUT2D eigenvalue weighted by Crippen LogP contribution is 2.32. The number of unbranched alkanes of at least 4 members (excludes halogenated alkanes) is 11. The zero-order chi connectivity index (χ0) is 43.6. The molecule has 0 bridgehead atoms. The molecule has 1 aromatic carbocycles. The molecule has 0 fully saturated rings. The molecule has 0 radical (unpaired) electrons. The summed E-state index contributed by atoms with van der Waals surface area (Å²) >= 11 is 0. The number of anilines is 1. The minimum absolute atomic E-state index is 0.0491. The molecule has 12 nitrogen and oxygen atoms in total. The van der Waals surface area contributed by atoms with E-state index in [1.165, 1.54) is 95.2 Å². The quantitative estimate of drug-likeness (QED) is 0.0444. The summed E-state index contributed by atoms with van der Waals surface area (Å²) in [6.07, 6.45) is 22.7. The number of nitrogens with one attached hydrogen (secondary N) is 2. The van der Waals surface area contributed by atoms with E-state index in [9.17, 15) is 32.6 Å². The highest BCUT2D eigenvalue weighted by atomic mass is 32.2. The number of benzene rings is 1. The normalized spacial score (nSPS) is 13.1. The van der Waals surface area contributed by atoms with E-state index in [0.29, 0.717) is 55.1 Å². The second-order valence-electron chi connectivity index (χ2n) is 15.9. The molecule has 2 atom stereocenters. The number of carbonyl (C=O) groups is 2. The van der Waals surface area contributed by atoms with Crippen LogP contribution in [0.4, 0.5) is 10.3 Å². The summed E-state index contributed by atoms with van der Waals surface area (Å²) in [4.78, 5) is 35.9. The fourth-order valence-corrected chi connectivity index (χ4v) is 6.84. The van der Waals surface area contributed by atoms with Crippen molar-refractivity contribution in [1.29, 1.82) is 0 Å². The van der Waals surface area contributed by atoms with Crippen LogP contribution >= 0.6 is 0 Å². The predicted molar refractivity (Wildman–Crippen MR) is 238 cm³/mol. The Hall–Kier alpha value is -3.72. The Morgan fingerprint density at radius 1 is 0.831 bits per heavy atom. The smallest absolute Gasteiger partial charge is 0.239 e. The number of allylic oxidation sites excluding steroid dienone is 2. The van der Waals surface area contributed by atoms with Gasteiger partial charge in [0, 0.05) is 57.2 Å². The van der Waals surface area contributed by atoms with Gasteiger partial charge >= 0.3 is 0 Å². The van der Waals surface area contributed by atoms with Gasteiger partial charge in [-0.15, -0.1) is 0 Å². The summed E-state index contributed by atoms with van der Waals surface area (Å²) in [5.41, 5.74) is 1.88. The van der Waals surface area contributed by atoms with Crippen LogP contribution in [0.3, 0.4) is 0 Å². The van der Waals surface area contributed by atoms with Crippen molar-refractivity contribution < 1.29 is 32.6 Å². The number of hydrogen-bond donors (Lipinski definition) is 4. The van der Waals surface area contributed by atoms with E-state index < -0.39 is 28.0 Å². The number of likely N-dealkylation sites (N-methyl/N-ethyl adjacent to an activating group) is 1. The molecule has 14 heteroatoms. The molecule has 0 spiro atoms. The van der Waals surface area contributed by atoms with Gasteiger partial charge in [0.2, 0.25) is 27.8 Å². The lowest BCUT2D eigenvalue weighted by Crippen LogP contribution is -2.38. The Kier molecular flexibility index (Phi) is 25.0. The fraction of sp³-hybridized carbons (Fsp3) is 0.644. The average Bonchev–Trinajstić information content (AvgIpc) is 3.17. The van der Waals surface area contributed by atoms with Gasteiger partial charge in [-0.25, -0.2) is 27.1 Å². The molecule has 0 aliphatic rings. The number of carbonyl (C=O) groups excluding carboxylic acids is 2. The first-order chi connectivity index (χ1) is 28.1. The maximum Gasteiger partial charge on any atom is 0.239 e. The van der Waals surface area contributed by atoms with Gasteiger partial charge in [-0.05, 0) is 69.3 Å². The Bertz CT molecular complexity index is 1690. The number of aliphatic hydroxyl groups is 2. The van der Waals surface area contributed by atoms with Crippen LogP contribution in [-0.2, 0) is 19.6 Å². The zero-order valence-electron chi connectivity index (χ0n) is 36.6. The van der Waals surface area contributed by atoms with Crippen molar-refractivity contribution in [1.82, 2.24) is 25.5 Å². The highest BCUT2D eigenvalue weighted by molar-refractivity contribution is 7.92. The molecule has 1 aromatic heterocycles. The third kappa shape index (κ3) is 21.9. The topological polar surface area (TPSA) is 165 Å². The molecule has 0 aliphatic carbocycles. The SMILES string of the molecule is CCCCCCCCC=CCCCCCCCC(=O)NCCN(C)CCNC(=O)C[C@H](O)C[C@H](O)C=Cc1c(-c2ccc(F)cc2)nc(N(C)S(C)(=O)=O)nc1C(C)C. The third-order valence-electron chi connectivity index (χ3n) is 10.1. The maximum absolute atomic E-state index is 13.8. The Labute approximate surface area is 354 Å². The summed E-state index contributed by atoms with van der Waals surface area (Å²) in [5, 5.41) is 27.2. The minimum Gasteiger partial charge on any atom is -0.392 e. The molecule has 4 N–H and O–H groups in total. The second-order valence-corrected chi connectivity index (χ2v) is 17.9. The van der Waals surface area contributed by atoms with E-state index in [4.69, 9.17) is 0 Å². The van der Waals surface area contributed by atoms with Crippen molar-refractivity contribution in [3.8, 4) is 11.3 Å². The van der Waals surface area contributed by atoms with Crippen LogP contribution < -0.4 is 14.9 Å². The van der Waals surface area contributed by atoms with E-state index in [1.54, 1.807) is 6.08 Å². The Balaban J connectivity index is 1.69. The van der Waals surface area contributed by atoms with E-state index in [0.717, 1.165) is 36.2 Å². The summed E-state index contributed by atoms with van der Waals surface area (Å²) in [5.74, 6) is -0.966. The van der Waals surface area contributed by atoms with Crippen molar-refractivity contribution in [2.45, 2.75) is 142 Å². The second kappa shape index (κ2) is 28.7. The van der Waals surface area contributed by atoms with E-state index in [2.05, 4.69) is 39.7 Å². The van der Waals surface area contributed by atoms with Gasteiger partial charge in [-0.3, -0.25) is 9.59 Å². The number of rotatable bonds is 31. The van der Waals surface area contributed by atoms with Crippen LogP contribution in [0.5, 0.6) is 0 Å². The lowest BCUT2D eigenvalue weighted by Gasteiger charge is -2.20. The highest BCUT2D eigenvalue weighted by Gasteiger charge is 2.23. The van der Waals surface area contributed by atoms with E-state index >= 15 is 0 Å².